The summed E-state index contributed by atoms with van der Waals surface area (Å²) in [5.74, 6) is -1.69. The van der Waals surface area contributed by atoms with E-state index in [0.29, 0.717) is 5.75 Å². The average molecular weight is 363 g/mol. The lowest BCUT2D eigenvalue weighted by atomic mass is 10.1. The summed E-state index contributed by atoms with van der Waals surface area (Å²) in [7, 11) is 0. The van der Waals surface area contributed by atoms with Crippen molar-refractivity contribution in [3.05, 3.63) is 95.3 Å². The Hall–Kier alpha value is -3.47. The van der Waals surface area contributed by atoms with Crippen molar-refractivity contribution in [3.8, 4) is 11.5 Å². The summed E-state index contributed by atoms with van der Waals surface area (Å²) in [5, 5.41) is 2.29. The van der Waals surface area contributed by atoms with E-state index in [0.717, 1.165) is 11.1 Å². The van der Waals surface area contributed by atoms with Gasteiger partial charge in [0.2, 0.25) is 5.91 Å². The minimum Gasteiger partial charge on any atom is -0.453 e. The molecular weight excluding hydrogens is 345 g/mol. The van der Waals surface area contributed by atoms with Crippen LogP contribution in [0.5, 0.6) is 11.5 Å². The number of hydrogen-bond acceptors (Lipinski definition) is 3. The molecule has 0 atom stereocenters. The largest absolute Gasteiger partial charge is 0.453 e. The maximum absolute atomic E-state index is 14.2. The van der Waals surface area contributed by atoms with Crippen molar-refractivity contribution in [3.63, 3.8) is 0 Å². The predicted molar refractivity (Wildman–Crippen MR) is 100 cm³/mol. The topological polar surface area (TPSA) is 55.4 Å². The van der Waals surface area contributed by atoms with Gasteiger partial charge >= 0.3 is 0 Å². The second-order valence-corrected chi connectivity index (χ2v) is 6.07. The molecule has 0 bridgehead atoms. The van der Waals surface area contributed by atoms with Gasteiger partial charge in [-0.05, 0) is 36.8 Å². The van der Waals surface area contributed by atoms with Gasteiger partial charge in [-0.15, -0.1) is 0 Å². The molecule has 0 saturated carbocycles. The van der Waals surface area contributed by atoms with E-state index in [1.54, 1.807) is 30.3 Å². The van der Waals surface area contributed by atoms with Crippen LogP contribution in [0.25, 0.3) is 0 Å². The molecule has 0 unspecified atom stereocenters. The quantitative estimate of drug-likeness (QED) is 0.730. The van der Waals surface area contributed by atoms with Crippen molar-refractivity contribution >= 4 is 11.8 Å². The van der Waals surface area contributed by atoms with Crippen LogP contribution in [0.15, 0.2) is 72.8 Å². The van der Waals surface area contributed by atoms with Crippen molar-refractivity contribution in [2.45, 2.75) is 13.3 Å². The number of ether oxygens (including phenoxy) is 1. The van der Waals surface area contributed by atoms with E-state index in [-0.39, 0.29) is 17.7 Å². The number of amides is 2. The second kappa shape index (κ2) is 8.27. The van der Waals surface area contributed by atoms with Crippen LogP contribution >= 0.6 is 0 Å². The number of carbonyl (C=O) groups is 2. The molecule has 1 N–H and O–H groups in total. The zero-order valence-electron chi connectivity index (χ0n) is 14.7. The number of rotatable bonds is 5. The molecule has 0 heterocycles. The Kier molecular flexibility index (Phi) is 5.61. The average Bonchev–Trinajstić information content (AvgIpc) is 2.66. The number of hydrogen-bond donors (Lipinski definition) is 1. The van der Waals surface area contributed by atoms with E-state index in [1.807, 2.05) is 31.2 Å². The Bertz CT molecular complexity index is 953. The molecule has 0 fully saturated rings. The maximum Gasteiger partial charge on any atom is 0.261 e. The molecule has 0 aromatic heterocycles. The Morgan fingerprint density at radius 3 is 2.33 bits per heavy atom. The molecule has 3 aromatic rings. The second-order valence-electron chi connectivity index (χ2n) is 6.07. The van der Waals surface area contributed by atoms with Crippen molar-refractivity contribution in [2.75, 3.05) is 0 Å². The number of nitrogens with one attached hydrogen (secondary N) is 1. The van der Waals surface area contributed by atoms with Gasteiger partial charge in [-0.1, -0.05) is 54.1 Å². The Balaban J connectivity index is 1.75. The van der Waals surface area contributed by atoms with Crippen LogP contribution in [0.3, 0.4) is 0 Å². The Morgan fingerprint density at radius 2 is 1.63 bits per heavy atom. The lowest BCUT2D eigenvalue weighted by Gasteiger charge is -2.12. The van der Waals surface area contributed by atoms with Crippen LogP contribution in [-0.4, -0.2) is 11.8 Å². The molecule has 27 heavy (non-hydrogen) atoms. The van der Waals surface area contributed by atoms with Gasteiger partial charge in [0.25, 0.3) is 5.91 Å². The Labute approximate surface area is 156 Å². The van der Waals surface area contributed by atoms with E-state index < -0.39 is 17.6 Å². The van der Waals surface area contributed by atoms with Crippen LogP contribution in [0.4, 0.5) is 4.39 Å². The summed E-state index contributed by atoms with van der Waals surface area (Å²) in [6, 6.07) is 20.0. The first-order valence-electron chi connectivity index (χ1n) is 8.44. The maximum atomic E-state index is 14.2. The third-order valence-corrected chi connectivity index (χ3v) is 3.91. The fraction of sp³-hybridized carbons (Fsp3) is 0.0909. The normalized spacial score (nSPS) is 10.3. The molecule has 0 spiro atoms. The van der Waals surface area contributed by atoms with Gasteiger partial charge in [0.1, 0.15) is 5.75 Å². The minimum absolute atomic E-state index is 0.0453. The molecule has 3 aromatic carbocycles. The molecule has 0 aliphatic heterocycles. The molecule has 3 rings (SSSR count). The fourth-order valence-corrected chi connectivity index (χ4v) is 2.53. The highest BCUT2D eigenvalue weighted by Gasteiger charge is 2.19. The molecule has 136 valence electrons. The lowest BCUT2D eigenvalue weighted by molar-refractivity contribution is -0.119. The van der Waals surface area contributed by atoms with E-state index in [1.165, 1.54) is 18.2 Å². The summed E-state index contributed by atoms with van der Waals surface area (Å²) in [6.45, 7) is 1.95. The number of imide groups is 1. The predicted octanol–water partition coefficient (Wildman–Crippen LogP) is 4.43. The molecule has 0 aliphatic rings. The monoisotopic (exact) mass is 363 g/mol. The zero-order valence-corrected chi connectivity index (χ0v) is 14.7. The lowest BCUT2D eigenvalue weighted by Crippen LogP contribution is -2.32. The standard InChI is InChI=1S/C22H18FNO3/c1-15-10-12-16(13-11-15)14-20(25)24-22(26)18-8-5-9-19(23)21(18)27-17-6-3-2-4-7-17/h2-13H,14H2,1H3,(H,24,25,26). The highest BCUT2D eigenvalue weighted by molar-refractivity contribution is 6.06. The highest BCUT2D eigenvalue weighted by atomic mass is 19.1. The first-order chi connectivity index (χ1) is 13.0. The highest BCUT2D eigenvalue weighted by Crippen LogP contribution is 2.28. The first-order valence-corrected chi connectivity index (χ1v) is 8.44. The number of aryl methyl sites for hydroxylation is 1. The number of benzene rings is 3. The molecule has 4 nitrogen and oxygen atoms in total. The van der Waals surface area contributed by atoms with E-state index >= 15 is 0 Å². The van der Waals surface area contributed by atoms with Crippen LogP contribution in [-0.2, 0) is 11.2 Å². The van der Waals surface area contributed by atoms with Gasteiger partial charge in [0, 0.05) is 0 Å². The van der Waals surface area contributed by atoms with E-state index in [2.05, 4.69) is 5.32 Å². The van der Waals surface area contributed by atoms with Crippen molar-refractivity contribution in [1.82, 2.24) is 5.32 Å². The molecule has 0 radical (unpaired) electrons. The van der Waals surface area contributed by atoms with E-state index in [9.17, 15) is 14.0 Å². The smallest absolute Gasteiger partial charge is 0.261 e. The van der Waals surface area contributed by atoms with Gasteiger partial charge in [-0.2, -0.15) is 0 Å². The van der Waals surface area contributed by atoms with Gasteiger partial charge < -0.3 is 4.74 Å². The van der Waals surface area contributed by atoms with Crippen molar-refractivity contribution < 1.29 is 18.7 Å². The van der Waals surface area contributed by atoms with Gasteiger partial charge in [0.15, 0.2) is 11.6 Å². The summed E-state index contributed by atoms with van der Waals surface area (Å²) in [5.41, 5.74) is 1.82. The van der Waals surface area contributed by atoms with Crippen LogP contribution < -0.4 is 10.1 Å². The van der Waals surface area contributed by atoms with Crippen LogP contribution in [0.1, 0.15) is 21.5 Å². The summed E-state index contributed by atoms with van der Waals surface area (Å²) in [4.78, 5) is 24.7. The van der Waals surface area contributed by atoms with Crippen LogP contribution in [0, 0.1) is 12.7 Å². The van der Waals surface area contributed by atoms with Gasteiger partial charge in [-0.25, -0.2) is 4.39 Å². The number of para-hydroxylation sites is 2. The molecular formula is C22H18FNO3. The Morgan fingerprint density at radius 1 is 0.926 bits per heavy atom. The molecule has 0 aliphatic carbocycles. The molecule has 0 saturated heterocycles. The molecule has 2 amide bonds. The van der Waals surface area contributed by atoms with Gasteiger partial charge in [-0.3, -0.25) is 14.9 Å². The number of carbonyl (C=O) groups excluding carboxylic acids is 2. The summed E-state index contributed by atoms with van der Waals surface area (Å²) >= 11 is 0. The SMILES string of the molecule is Cc1ccc(CC(=O)NC(=O)c2cccc(F)c2Oc2ccccc2)cc1. The van der Waals surface area contributed by atoms with E-state index in [4.69, 9.17) is 4.74 Å². The van der Waals surface area contributed by atoms with Crippen molar-refractivity contribution in [1.29, 1.82) is 0 Å². The summed E-state index contributed by atoms with van der Waals surface area (Å²) in [6.07, 6.45) is 0.0518. The molecule has 5 heteroatoms. The third kappa shape index (κ3) is 4.79. The minimum atomic E-state index is -0.711. The number of halogens is 1. The summed E-state index contributed by atoms with van der Waals surface area (Å²) < 4.78 is 19.8. The third-order valence-electron chi connectivity index (χ3n) is 3.91. The zero-order chi connectivity index (χ0) is 19.2. The van der Waals surface area contributed by atoms with Crippen molar-refractivity contribution in [2.24, 2.45) is 0 Å². The fourth-order valence-electron chi connectivity index (χ4n) is 2.53. The first kappa shape index (κ1) is 18.3. The van der Waals surface area contributed by atoms with Gasteiger partial charge in [0.05, 0.1) is 12.0 Å². The van der Waals surface area contributed by atoms with Crippen LogP contribution in [0.2, 0.25) is 0 Å².